The first-order valence-electron chi connectivity index (χ1n) is 16.4. The van der Waals surface area contributed by atoms with E-state index in [9.17, 15) is 19.5 Å². The first-order chi connectivity index (χ1) is 24.0. The number of carboxylic acid groups (broad SMARTS) is 1. The van der Waals surface area contributed by atoms with Crippen LogP contribution >= 0.6 is 11.6 Å². The molecule has 0 radical (unpaired) electrons. The Bertz CT molecular complexity index is 1910. The fraction of sp³-hybridized carbons (Fsp3) is 0.333. The molecule has 12 nitrogen and oxygen atoms in total. The van der Waals surface area contributed by atoms with Gasteiger partial charge in [-0.15, -0.1) is 5.10 Å². The van der Waals surface area contributed by atoms with Crippen LogP contribution in [0.15, 0.2) is 67.0 Å². The van der Waals surface area contributed by atoms with E-state index in [0.717, 1.165) is 37.9 Å². The summed E-state index contributed by atoms with van der Waals surface area (Å²) in [5.41, 5.74) is 1.16. The standard InChI is InChI=1S/C36H37ClFN7O5/c1-36(2)20-27-25(4-3-5-30(27)50-19-16-22-14-17-39-18-15-22)33(34(47)41-24-8-6-23(7-9-24)35(48)49)45(36)31(46)13-10-26-29(44-21-40-42-43-44)12-11-28(37)32(26)38/h3-13,21-22,33,39H,14-20H2,1-2H3,(H,41,47)(H,48,49)/t33-/m1/s1. The smallest absolute Gasteiger partial charge is 0.335 e. The number of amides is 2. The van der Waals surface area contributed by atoms with Crippen molar-refractivity contribution >= 4 is 41.1 Å². The third kappa shape index (κ3) is 7.38. The number of benzene rings is 3. The monoisotopic (exact) mass is 701 g/mol. The number of carbonyl (C=O) groups is 3. The summed E-state index contributed by atoms with van der Waals surface area (Å²) in [7, 11) is 0. The quantitative estimate of drug-likeness (QED) is 0.183. The molecule has 1 atom stereocenters. The topological polar surface area (TPSA) is 152 Å². The molecule has 0 spiro atoms. The van der Waals surface area contributed by atoms with E-state index >= 15 is 4.39 Å². The van der Waals surface area contributed by atoms with Crippen LogP contribution in [0.2, 0.25) is 5.02 Å². The number of hydrogen-bond donors (Lipinski definition) is 3. The van der Waals surface area contributed by atoms with Crippen LogP contribution in [0.1, 0.15) is 66.2 Å². The SMILES string of the molecule is CC1(C)Cc2c(OCCC3CCNCC3)cccc2[C@H](C(=O)Nc2ccc(C(=O)O)cc2)N1C(=O)C=Cc1c(-n2cnnn2)ccc(Cl)c1F. The fourth-order valence-corrected chi connectivity index (χ4v) is 6.85. The van der Waals surface area contributed by atoms with Crippen LogP contribution in [0.5, 0.6) is 5.75 Å². The largest absolute Gasteiger partial charge is 0.493 e. The molecule has 3 aromatic carbocycles. The molecule has 2 aliphatic heterocycles. The zero-order chi connectivity index (χ0) is 35.4. The lowest BCUT2D eigenvalue weighted by atomic mass is 9.80. The molecule has 1 saturated heterocycles. The lowest BCUT2D eigenvalue weighted by Gasteiger charge is -2.47. The van der Waals surface area contributed by atoms with Gasteiger partial charge in [0.2, 0.25) is 5.91 Å². The highest BCUT2D eigenvalue weighted by molar-refractivity contribution is 6.31. The average Bonchev–Trinajstić information content (AvgIpc) is 3.64. The van der Waals surface area contributed by atoms with E-state index in [0.29, 0.717) is 35.9 Å². The minimum absolute atomic E-state index is 0.0164. The van der Waals surface area contributed by atoms with Crippen LogP contribution in [-0.2, 0) is 16.0 Å². The molecule has 3 heterocycles. The Morgan fingerprint density at radius 2 is 1.88 bits per heavy atom. The van der Waals surface area contributed by atoms with Crippen molar-refractivity contribution in [1.29, 1.82) is 0 Å². The summed E-state index contributed by atoms with van der Waals surface area (Å²) in [6.45, 7) is 6.24. The highest BCUT2D eigenvalue weighted by Gasteiger charge is 2.46. The Morgan fingerprint density at radius 3 is 2.58 bits per heavy atom. The van der Waals surface area contributed by atoms with Crippen molar-refractivity contribution in [2.24, 2.45) is 5.92 Å². The molecular formula is C36H37ClFN7O5. The Labute approximate surface area is 293 Å². The highest BCUT2D eigenvalue weighted by Crippen LogP contribution is 2.43. The second-order valence-corrected chi connectivity index (χ2v) is 13.4. The van der Waals surface area contributed by atoms with Crippen LogP contribution in [-0.4, -0.2) is 73.2 Å². The van der Waals surface area contributed by atoms with E-state index in [1.165, 1.54) is 64.5 Å². The van der Waals surface area contributed by atoms with Gasteiger partial charge in [0.15, 0.2) is 5.82 Å². The maximum Gasteiger partial charge on any atom is 0.335 e. The van der Waals surface area contributed by atoms with Gasteiger partial charge in [-0.3, -0.25) is 9.59 Å². The number of nitrogens with one attached hydrogen (secondary N) is 2. The Morgan fingerprint density at radius 1 is 1.12 bits per heavy atom. The lowest BCUT2D eigenvalue weighted by molar-refractivity contribution is -0.142. The number of aromatic nitrogens is 4. The molecule has 0 bridgehead atoms. The third-order valence-electron chi connectivity index (χ3n) is 9.21. The molecule has 0 saturated carbocycles. The molecule has 0 aliphatic carbocycles. The fourth-order valence-electron chi connectivity index (χ4n) is 6.69. The normalized spacial score (nSPS) is 17.4. The number of anilines is 1. The summed E-state index contributed by atoms with van der Waals surface area (Å²) < 4.78 is 23.0. The lowest BCUT2D eigenvalue weighted by Crippen LogP contribution is -2.56. The number of tetrazole rings is 1. The molecular weight excluding hydrogens is 665 g/mol. The first kappa shape index (κ1) is 34.7. The number of ether oxygens (including phenoxy) is 1. The van der Waals surface area contributed by atoms with Gasteiger partial charge in [0, 0.05) is 28.4 Å². The van der Waals surface area contributed by atoms with E-state index in [1.807, 2.05) is 19.9 Å². The summed E-state index contributed by atoms with van der Waals surface area (Å²) in [5.74, 6) is -1.70. The Balaban J connectivity index is 1.35. The molecule has 2 aliphatic rings. The van der Waals surface area contributed by atoms with Gasteiger partial charge in [-0.05, 0) is 123 Å². The van der Waals surface area contributed by atoms with Crippen LogP contribution in [0, 0.1) is 11.7 Å². The molecule has 50 heavy (non-hydrogen) atoms. The number of aromatic carboxylic acids is 1. The van der Waals surface area contributed by atoms with Gasteiger partial charge in [-0.25, -0.2) is 9.18 Å². The second-order valence-electron chi connectivity index (χ2n) is 13.0. The number of hydrogen-bond acceptors (Lipinski definition) is 8. The van der Waals surface area contributed by atoms with Crippen molar-refractivity contribution in [3.63, 3.8) is 0 Å². The number of piperidine rings is 1. The van der Waals surface area contributed by atoms with Crippen LogP contribution < -0.4 is 15.4 Å². The number of rotatable bonds is 10. The van der Waals surface area contributed by atoms with Gasteiger partial charge in [-0.2, -0.15) is 4.68 Å². The molecule has 1 aromatic heterocycles. The summed E-state index contributed by atoms with van der Waals surface area (Å²) in [6.07, 6.45) is 7.28. The van der Waals surface area contributed by atoms with Crippen LogP contribution in [0.4, 0.5) is 10.1 Å². The van der Waals surface area contributed by atoms with E-state index in [1.54, 1.807) is 12.1 Å². The summed E-state index contributed by atoms with van der Waals surface area (Å²) in [5, 5.41) is 26.5. The van der Waals surface area contributed by atoms with Crippen molar-refractivity contribution < 1.29 is 28.6 Å². The van der Waals surface area contributed by atoms with Gasteiger partial charge in [0.05, 0.1) is 22.9 Å². The average molecular weight is 702 g/mol. The predicted molar refractivity (Wildman–Crippen MR) is 185 cm³/mol. The highest BCUT2D eigenvalue weighted by atomic mass is 35.5. The molecule has 260 valence electrons. The Hall–Kier alpha value is -5.14. The number of halogens is 2. The maximum atomic E-state index is 15.4. The van der Waals surface area contributed by atoms with Crippen molar-refractivity contribution in [3.05, 3.63) is 100 Å². The minimum Gasteiger partial charge on any atom is -0.493 e. The van der Waals surface area contributed by atoms with E-state index in [4.69, 9.17) is 16.3 Å². The van der Waals surface area contributed by atoms with E-state index in [-0.39, 0.29) is 21.8 Å². The van der Waals surface area contributed by atoms with Gasteiger partial charge >= 0.3 is 5.97 Å². The number of fused-ring (bicyclic) bond motifs is 1. The first-order valence-corrected chi connectivity index (χ1v) is 16.7. The zero-order valence-corrected chi connectivity index (χ0v) is 28.4. The summed E-state index contributed by atoms with van der Waals surface area (Å²) in [6, 6.07) is 13.0. The molecule has 6 rings (SSSR count). The summed E-state index contributed by atoms with van der Waals surface area (Å²) in [4.78, 5) is 41.4. The van der Waals surface area contributed by atoms with Crippen molar-refractivity contribution in [2.45, 2.75) is 51.1 Å². The van der Waals surface area contributed by atoms with Crippen molar-refractivity contribution in [1.82, 2.24) is 30.4 Å². The minimum atomic E-state index is -1.12. The van der Waals surface area contributed by atoms with Gasteiger partial charge in [-0.1, -0.05) is 23.7 Å². The predicted octanol–water partition coefficient (Wildman–Crippen LogP) is 5.48. The Kier molecular flexibility index (Phi) is 10.3. The van der Waals surface area contributed by atoms with Gasteiger partial charge < -0.3 is 25.4 Å². The third-order valence-corrected chi connectivity index (χ3v) is 9.50. The zero-order valence-electron chi connectivity index (χ0n) is 27.6. The molecule has 2 amide bonds. The number of nitrogens with zero attached hydrogens (tertiary/aromatic N) is 5. The van der Waals surface area contributed by atoms with E-state index in [2.05, 4.69) is 26.2 Å². The van der Waals surface area contributed by atoms with Crippen molar-refractivity contribution in [3.8, 4) is 11.4 Å². The van der Waals surface area contributed by atoms with Crippen LogP contribution in [0.25, 0.3) is 11.8 Å². The van der Waals surface area contributed by atoms with Crippen molar-refractivity contribution in [2.75, 3.05) is 25.0 Å². The maximum absolute atomic E-state index is 15.4. The second kappa shape index (κ2) is 14.8. The molecule has 3 N–H and O–H groups in total. The van der Waals surface area contributed by atoms with E-state index < -0.39 is 35.2 Å². The molecule has 0 unspecified atom stereocenters. The van der Waals surface area contributed by atoms with Crippen LogP contribution in [0.3, 0.4) is 0 Å². The number of carboxylic acids is 1. The van der Waals surface area contributed by atoms with Gasteiger partial charge in [0.25, 0.3) is 5.91 Å². The van der Waals surface area contributed by atoms with Gasteiger partial charge in [0.1, 0.15) is 18.1 Å². The molecule has 4 aromatic rings. The number of carbonyl (C=O) groups excluding carboxylic acids is 2. The molecule has 14 heteroatoms. The molecule has 1 fully saturated rings. The summed E-state index contributed by atoms with van der Waals surface area (Å²) >= 11 is 6.11.